The first-order chi connectivity index (χ1) is 12.0. The van der Waals surface area contributed by atoms with Gasteiger partial charge in [0.2, 0.25) is 5.91 Å². The van der Waals surface area contributed by atoms with Gasteiger partial charge in [0.05, 0.1) is 11.8 Å². The lowest BCUT2D eigenvalue weighted by Gasteiger charge is -2.20. The van der Waals surface area contributed by atoms with Gasteiger partial charge in [0.15, 0.2) is 0 Å². The molecular formula is C21H25N3O. The number of amides is 1. The number of carbonyl (C=O) groups excluding carboxylic acids is 1. The van der Waals surface area contributed by atoms with E-state index in [1.165, 1.54) is 5.56 Å². The van der Waals surface area contributed by atoms with Gasteiger partial charge >= 0.3 is 0 Å². The molecule has 1 unspecified atom stereocenters. The molecule has 0 fully saturated rings. The van der Waals surface area contributed by atoms with Crippen molar-refractivity contribution in [2.45, 2.75) is 32.7 Å². The van der Waals surface area contributed by atoms with Crippen LogP contribution in [0.1, 0.15) is 43.0 Å². The number of nitrogens with zero attached hydrogens (tertiary/aromatic N) is 3. The molecule has 0 radical (unpaired) electrons. The second kappa shape index (κ2) is 7.09. The van der Waals surface area contributed by atoms with Crippen molar-refractivity contribution in [1.29, 1.82) is 0 Å². The molecule has 0 N–H and O–H groups in total. The topological polar surface area (TPSA) is 35.9 Å². The van der Waals surface area contributed by atoms with Crippen molar-refractivity contribution in [2.75, 3.05) is 19.0 Å². The third-order valence-electron chi connectivity index (χ3n) is 4.72. The smallest absolute Gasteiger partial charge is 0.240 e. The summed E-state index contributed by atoms with van der Waals surface area (Å²) in [5.74, 6) is -0.0236. The molecule has 130 valence electrons. The number of hydrogen-bond acceptors (Lipinski definition) is 3. The van der Waals surface area contributed by atoms with Crippen molar-refractivity contribution in [3.8, 4) is 0 Å². The number of rotatable bonds is 4. The fraction of sp³-hybridized carbons (Fsp3) is 0.333. The van der Waals surface area contributed by atoms with Crippen LogP contribution in [0.15, 0.2) is 53.6 Å². The van der Waals surface area contributed by atoms with Crippen molar-refractivity contribution < 1.29 is 4.79 Å². The third-order valence-corrected chi connectivity index (χ3v) is 4.72. The van der Waals surface area contributed by atoms with E-state index >= 15 is 0 Å². The Labute approximate surface area is 149 Å². The van der Waals surface area contributed by atoms with Crippen LogP contribution in [0, 0.1) is 0 Å². The van der Waals surface area contributed by atoms with Gasteiger partial charge in [0.25, 0.3) is 0 Å². The van der Waals surface area contributed by atoms with Gasteiger partial charge in [0.1, 0.15) is 0 Å². The molecule has 0 bridgehead atoms. The van der Waals surface area contributed by atoms with Crippen molar-refractivity contribution in [3.63, 3.8) is 0 Å². The summed E-state index contributed by atoms with van der Waals surface area (Å²) in [6.45, 7) is 3.72. The maximum absolute atomic E-state index is 12.1. The summed E-state index contributed by atoms with van der Waals surface area (Å²) in [5.41, 5.74) is 5.62. The minimum atomic E-state index is -0.0236. The lowest BCUT2D eigenvalue weighted by molar-refractivity contribution is -0.130. The Kier molecular flexibility index (Phi) is 4.88. The zero-order chi connectivity index (χ0) is 18.0. The van der Waals surface area contributed by atoms with Gasteiger partial charge in [0, 0.05) is 33.1 Å². The largest absolute Gasteiger partial charge is 0.378 e. The summed E-state index contributed by atoms with van der Waals surface area (Å²) >= 11 is 0. The van der Waals surface area contributed by atoms with Crippen LogP contribution in [0.3, 0.4) is 0 Å². The fourth-order valence-electron chi connectivity index (χ4n) is 3.16. The Bertz CT molecular complexity index is 776. The minimum absolute atomic E-state index is 0.0214. The molecule has 1 amide bonds. The van der Waals surface area contributed by atoms with Crippen molar-refractivity contribution in [1.82, 2.24) is 5.01 Å². The second-order valence-electron chi connectivity index (χ2n) is 6.67. The molecule has 2 aromatic carbocycles. The Morgan fingerprint density at radius 3 is 2.28 bits per heavy atom. The van der Waals surface area contributed by atoms with Crippen LogP contribution in [0.25, 0.3) is 0 Å². The van der Waals surface area contributed by atoms with E-state index in [-0.39, 0.29) is 11.9 Å². The number of anilines is 1. The molecule has 0 saturated heterocycles. The van der Waals surface area contributed by atoms with E-state index in [9.17, 15) is 4.79 Å². The molecular weight excluding hydrogens is 310 g/mol. The summed E-state index contributed by atoms with van der Waals surface area (Å²) in [6, 6.07) is 16.8. The monoisotopic (exact) mass is 335 g/mol. The Balaban J connectivity index is 1.87. The van der Waals surface area contributed by atoms with Crippen molar-refractivity contribution in [3.05, 3.63) is 65.2 Å². The van der Waals surface area contributed by atoms with Crippen LogP contribution in [0.2, 0.25) is 0 Å². The highest BCUT2D eigenvalue weighted by molar-refractivity contribution is 6.03. The molecule has 1 aliphatic rings. The number of hydrogen-bond donors (Lipinski definition) is 0. The molecule has 4 heteroatoms. The first-order valence-electron chi connectivity index (χ1n) is 8.73. The van der Waals surface area contributed by atoms with Crippen LogP contribution < -0.4 is 4.90 Å². The Morgan fingerprint density at radius 2 is 1.76 bits per heavy atom. The molecule has 1 atom stereocenters. The van der Waals surface area contributed by atoms with Crippen LogP contribution in [-0.2, 0) is 11.2 Å². The maximum Gasteiger partial charge on any atom is 0.240 e. The number of benzene rings is 2. The number of aryl methyl sites for hydroxylation is 1. The molecule has 0 aromatic heterocycles. The van der Waals surface area contributed by atoms with Crippen LogP contribution in [0.5, 0.6) is 0 Å². The number of hydrazone groups is 1. The van der Waals surface area contributed by atoms with Gasteiger partial charge in [-0.05, 0) is 35.2 Å². The molecule has 0 saturated carbocycles. The standard InChI is InChI=1S/C21H25N3O/c1-5-16-6-8-18(9-7-16)21-14-20(22-24(21)15(2)25)17-10-12-19(13-11-17)23(3)4/h6-13,21H,5,14H2,1-4H3. The lowest BCUT2D eigenvalue weighted by atomic mass is 9.97. The summed E-state index contributed by atoms with van der Waals surface area (Å²) < 4.78 is 0. The van der Waals surface area contributed by atoms with E-state index in [4.69, 9.17) is 0 Å². The molecule has 3 rings (SSSR count). The fourth-order valence-corrected chi connectivity index (χ4v) is 3.16. The highest BCUT2D eigenvalue weighted by Crippen LogP contribution is 2.33. The van der Waals surface area contributed by atoms with E-state index in [0.717, 1.165) is 35.4 Å². The van der Waals surface area contributed by atoms with Crippen LogP contribution in [0.4, 0.5) is 5.69 Å². The number of carbonyl (C=O) groups is 1. The van der Waals surface area contributed by atoms with Crippen LogP contribution >= 0.6 is 0 Å². The van der Waals surface area contributed by atoms with Gasteiger partial charge in [-0.25, -0.2) is 5.01 Å². The molecule has 2 aromatic rings. The van der Waals surface area contributed by atoms with E-state index in [2.05, 4.69) is 65.5 Å². The van der Waals surface area contributed by atoms with Crippen molar-refractivity contribution >= 4 is 17.3 Å². The molecule has 1 aliphatic heterocycles. The zero-order valence-corrected chi connectivity index (χ0v) is 15.4. The first kappa shape index (κ1) is 17.2. The van der Waals surface area contributed by atoms with Gasteiger partial charge in [-0.1, -0.05) is 43.3 Å². The normalized spacial score (nSPS) is 16.7. The summed E-state index contributed by atoms with van der Waals surface area (Å²) in [4.78, 5) is 14.2. The van der Waals surface area contributed by atoms with Gasteiger partial charge in [-0.2, -0.15) is 5.10 Å². The first-order valence-corrected chi connectivity index (χ1v) is 8.73. The molecule has 25 heavy (non-hydrogen) atoms. The van der Waals surface area contributed by atoms with Gasteiger partial charge in [-0.3, -0.25) is 4.79 Å². The maximum atomic E-state index is 12.1. The highest BCUT2D eigenvalue weighted by Gasteiger charge is 2.31. The summed E-state index contributed by atoms with van der Waals surface area (Å²) in [6.07, 6.45) is 1.76. The predicted octanol–water partition coefficient (Wildman–Crippen LogP) is 4.01. The summed E-state index contributed by atoms with van der Waals surface area (Å²) in [5, 5.41) is 6.24. The lowest BCUT2D eigenvalue weighted by Crippen LogP contribution is -2.24. The average molecular weight is 335 g/mol. The Morgan fingerprint density at radius 1 is 1.12 bits per heavy atom. The predicted molar refractivity (Wildman–Crippen MR) is 103 cm³/mol. The summed E-state index contributed by atoms with van der Waals surface area (Å²) in [7, 11) is 4.05. The molecule has 1 heterocycles. The SMILES string of the molecule is CCc1ccc(C2CC(c3ccc(N(C)C)cc3)=NN2C(C)=O)cc1. The average Bonchev–Trinajstić information content (AvgIpc) is 3.07. The van der Waals surface area contributed by atoms with Crippen LogP contribution in [-0.4, -0.2) is 30.7 Å². The van der Waals surface area contributed by atoms with E-state index in [1.54, 1.807) is 11.9 Å². The van der Waals surface area contributed by atoms with E-state index < -0.39 is 0 Å². The quantitative estimate of drug-likeness (QED) is 0.846. The highest BCUT2D eigenvalue weighted by atomic mass is 16.2. The molecule has 0 aliphatic carbocycles. The zero-order valence-electron chi connectivity index (χ0n) is 15.4. The van der Waals surface area contributed by atoms with Gasteiger partial charge < -0.3 is 4.90 Å². The third kappa shape index (κ3) is 3.58. The second-order valence-corrected chi connectivity index (χ2v) is 6.67. The van der Waals surface area contributed by atoms with Gasteiger partial charge in [-0.15, -0.1) is 0 Å². The minimum Gasteiger partial charge on any atom is -0.378 e. The Hall–Kier alpha value is -2.62. The van der Waals surface area contributed by atoms with E-state index in [0.29, 0.717) is 0 Å². The van der Waals surface area contributed by atoms with E-state index in [1.807, 2.05) is 14.1 Å². The van der Waals surface area contributed by atoms with Crippen molar-refractivity contribution in [2.24, 2.45) is 5.10 Å². The molecule has 4 nitrogen and oxygen atoms in total. The molecule has 0 spiro atoms.